The summed E-state index contributed by atoms with van der Waals surface area (Å²) in [5.74, 6) is -0.208. The molecule has 4 nitrogen and oxygen atoms in total. The Balaban J connectivity index is 2.07. The topological polar surface area (TPSA) is 59.2 Å². The molecule has 0 spiro atoms. The molecule has 0 saturated heterocycles. The molecule has 18 heavy (non-hydrogen) atoms. The fourth-order valence-electron chi connectivity index (χ4n) is 1.78. The van der Waals surface area contributed by atoms with E-state index in [2.05, 4.69) is 9.97 Å². The zero-order valence-electron chi connectivity index (χ0n) is 9.25. The van der Waals surface area contributed by atoms with E-state index in [1.807, 2.05) is 0 Å². The molecule has 0 aliphatic rings. The molecule has 0 amide bonds. The van der Waals surface area contributed by atoms with Gasteiger partial charge in [-0.25, -0.2) is 4.39 Å². The lowest BCUT2D eigenvalue weighted by Gasteiger charge is -2.05. The summed E-state index contributed by atoms with van der Waals surface area (Å²) >= 11 is 0. The summed E-state index contributed by atoms with van der Waals surface area (Å²) in [5, 5.41) is 10.7. The zero-order valence-corrected chi connectivity index (χ0v) is 9.25. The molecule has 90 valence electrons. The number of halogens is 1. The second kappa shape index (κ2) is 4.19. The van der Waals surface area contributed by atoms with Gasteiger partial charge in [0, 0.05) is 17.8 Å². The second-order valence-electron chi connectivity index (χ2n) is 3.84. The Kier molecular flexibility index (Phi) is 2.53. The van der Waals surface area contributed by atoms with Crippen molar-refractivity contribution >= 4 is 11.0 Å². The van der Waals surface area contributed by atoms with Gasteiger partial charge >= 0.3 is 0 Å². The number of benzene rings is 1. The number of furan rings is 1. The van der Waals surface area contributed by atoms with E-state index in [9.17, 15) is 9.50 Å². The first-order valence-corrected chi connectivity index (χ1v) is 5.37. The van der Waals surface area contributed by atoms with E-state index in [0.717, 1.165) is 0 Å². The molecule has 3 rings (SSSR count). The largest absolute Gasteiger partial charge is 0.455 e. The van der Waals surface area contributed by atoms with Crippen LogP contribution < -0.4 is 0 Å². The number of aliphatic hydroxyl groups is 1. The Morgan fingerprint density at radius 2 is 2.17 bits per heavy atom. The first-order valence-electron chi connectivity index (χ1n) is 5.37. The number of aliphatic hydroxyl groups excluding tert-OH is 1. The third kappa shape index (κ3) is 1.74. The molecular formula is C13H9FN2O2. The molecule has 0 aliphatic carbocycles. The maximum Gasteiger partial charge on any atom is 0.170 e. The predicted molar refractivity (Wildman–Crippen MR) is 62.3 cm³/mol. The van der Waals surface area contributed by atoms with Crippen LogP contribution in [0.3, 0.4) is 0 Å². The minimum absolute atomic E-state index is 0.135. The molecule has 1 N–H and O–H groups in total. The zero-order chi connectivity index (χ0) is 12.5. The van der Waals surface area contributed by atoms with Crippen molar-refractivity contribution in [2.45, 2.75) is 6.10 Å². The van der Waals surface area contributed by atoms with Gasteiger partial charge in [0.2, 0.25) is 0 Å². The van der Waals surface area contributed by atoms with Crippen molar-refractivity contribution in [1.29, 1.82) is 0 Å². The van der Waals surface area contributed by atoms with Gasteiger partial charge in [-0.3, -0.25) is 9.97 Å². The maximum atomic E-state index is 13.5. The molecule has 1 unspecified atom stereocenters. The summed E-state index contributed by atoms with van der Waals surface area (Å²) in [5.41, 5.74) is 0.493. The van der Waals surface area contributed by atoms with Gasteiger partial charge in [-0.2, -0.15) is 0 Å². The highest BCUT2D eigenvalue weighted by atomic mass is 19.1. The fourth-order valence-corrected chi connectivity index (χ4v) is 1.78. The van der Waals surface area contributed by atoms with Crippen molar-refractivity contribution in [2.75, 3.05) is 0 Å². The lowest BCUT2D eigenvalue weighted by Crippen LogP contribution is -2.00. The highest BCUT2D eigenvalue weighted by Gasteiger charge is 2.18. The van der Waals surface area contributed by atoms with E-state index in [0.29, 0.717) is 11.1 Å². The van der Waals surface area contributed by atoms with Crippen LogP contribution in [0.25, 0.3) is 11.0 Å². The summed E-state index contributed by atoms with van der Waals surface area (Å²) < 4.78 is 18.8. The third-order valence-electron chi connectivity index (χ3n) is 2.65. The van der Waals surface area contributed by atoms with Gasteiger partial charge in [0.05, 0.1) is 11.9 Å². The van der Waals surface area contributed by atoms with E-state index in [4.69, 9.17) is 4.42 Å². The normalized spacial score (nSPS) is 12.8. The molecule has 5 heteroatoms. The number of para-hydroxylation sites is 1. The molecule has 2 aromatic heterocycles. The van der Waals surface area contributed by atoms with E-state index in [1.165, 1.54) is 24.7 Å². The Labute approximate surface area is 102 Å². The van der Waals surface area contributed by atoms with Crippen molar-refractivity contribution in [3.05, 3.63) is 60.1 Å². The molecule has 0 fully saturated rings. The highest BCUT2D eigenvalue weighted by molar-refractivity contribution is 5.78. The summed E-state index contributed by atoms with van der Waals surface area (Å²) in [4.78, 5) is 7.85. The van der Waals surface area contributed by atoms with E-state index in [-0.39, 0.29) is 11.3 Å². The van der Waals surface area contributed by atoms with E-state index in [1.54, 1.807) is 18.2 Å². The second-order valence-corrected chi connectivity index (χ2v) is 3.84. The average molecular weight is 244 g/mol. The number of nitrogens with zero attached hydrogens (tertiary/aromatic N) is 2. The van der Waals surface area contributed by atoms with Crippen LogP contribution in [0.5, 0.6) is 0 Å². The van der Waals surface area contributed by atoms with Crippen molar-refractivity contribution in [2.24, 2.45) is 0 Å². The number of rotatable bonds is 2. The lowest BCUT2D eigenvalue weighted by atomic mass is 10.2. The molecule has 0 bridgehead atoms. The predicted octanol–water partition coefficient (Wildman–Crippen LogP) is 2.44. The van der Waals surface area contributed by atoms with Crippen LogP contribution in [-0.2, 0) is 0 Å². The van der Waals surface area contributed by atoms with Crippen molar-refractivity contribution in [3.63, 3.8) is 0 Å². The summed E-state index contributed by atoms with van der Waals surface area (Å²) in [6, 6.07) is 6.21. The van der Waals surface area contributed by atoms with Crippen LogP contribution in [0, 0.1) is 5.82 Å². The monoisotopic (exact) mass is 244 g/mol. The minimum atomic E-state index is -1.05. The van der Waals surface area contributed by atoms with Gasteiger partial charge in [0.1, 0.15) is 5.76 Å². The summed E-state index contributed by atoms with van der Waals surface area (Å²) in [6.45, 7) is 0. The van der Waals surface area contributed by atoms with Gasteiger partial charge in [0.15, 0.2) is 17.5 Å². The van der Waals surface area contributed by atoms with Crippen molar-refractivity contribution < 1.29 is 13.9 Å². The Morgan fingerprint density at radius 3 is 2.89 bits per heavy atom. The lowest BCUT2D eigenvalue weighted by molar-refractivity contribution is 0.187. The number of hydrogen-bond donors (Lipinski definition) is 1. The first kappa shape index (κ1) is 10.9. The van der Waals surface area contributed by atoms with Crippen molar-refractivity contribution in [3.8, 4) is 0 Å². The molecule has 0 aliphatic heterocycles. The SMILES string of the molecule is OC(c1cnccn1)c1cc2cccc(F)c2o1. The highest BCUT2D eigenvalue weighted by Crippen LogP contribution is 2.28. The number of aromatic nitrogens is 2. The molecule has 2 heterocycles. The molecule has 1 aromatic carbocycles. The first-order chi connectivity index (χ1) is 8.75. The van der Waals surface area contributed by atoms with Crippen LogP contribution in [-0.4, -0.2) is 15.1 Å². The van der Waals surface area contributed by atoms with Gasteiger partial charge in [0.25, 0.3) is 0 Å². The van der Waals surface area contributed by atoms with Crippen LogP contribution in [0.1, 0.15) is 17.6 Å². The van der Waals surface area contributed by atoms with E-state index >= 15 is 0 Å². The van der Waals surface area contributed by atoms with Crippen molar-refractivity contribution in [1.82, 2.24) is 9.97 Å². The van der Waals surface area contributed by atoms with Gasteiger partial charge in [-0.1, -0.05) is 12.1 Å². The Bertz CT molecular complexity index is 682. The van der Waals surface area contributed by atoms with Gasteiger partial charge in [-0.05, 0) is 12.1 Å². The molecule has 3 aromatic rings. The van der Waals surface area contributed by atoms with Crippen LogP contribution in [0.4, 0.5) is 4.39 Å². The minimum Gasteiger partial charge on any atom is -0.455 e. The standard InChI is InChI=1S/C13H9FN2O2/c14-9-3-1-2-8-6-11(18-13(8)9)12(17)10-7-15-4-5-16-10/h1-7,12,17H. The van der Waals surface area contributed by atoms with Gasteiger partial charge in [-0.15, -0.1) is 0 Å². The maximum absolute atomic E-state index is 13.5. The summed E-state index contributed by atoms with van der Waals surface area (Å²) in [6.07, 6.45) is 3.37. The summed E-state index contributed by atoms with van der Waals surface area (Å²) in [7, 11) is 0. The molecule has 0 radical (unpaired) electrons. The van der Waals surface area contributed by atoms with Crippen LogP contribution in [0.15, 0.2) is 47.3 Å². The Morgan fingerprint density at radius 1 is 1.28 bits per heavy atom. The van der Waals surface area contributed by atoms with E-state index < -0.39 is 11.9 Å². The Hall–Kier alpha value is -2.27. The number of hydrogen-bond acceptors (Lipinski definition) is 4. The molecule has 0 saturated carbocycles. The quantitative estimate of drug-likeness (QED) is 0.752. The average Bonchev–Trinajstić information content (AvgIpc) is 2.84. The molecular weight excluding hydrogens is 235 g/mol. The molecule has 1 atom stereocenters. The van der Waals surface area contributed by atoms with Crippen LogP contribution in [0.2, 0.25) is 0 Å². The smallest absolute Gasteiger partial charge is 0.170 e. The fraction of sp³-hybridized carbons (Fsp3) is 0.0769. The number of fused-ring (bicyclic) bond motifs is 1. The van der Waals surface area contributed by atoms with Crippen LogP contribution >= 0.6 is 0 Å². The van der Waals surface area contributed by atoms with Gasteiger partial charge < -0.3 is 9.52 Å². The third-order valence-corrected chi connectivity index (χ3v) is 2.65.